The van der Waals surface area contributed by atoms with E-state index in [1.54, 1.807) is 0 Å². The highest BCUT2D eigenvalue weighted by atomic mass is 16.2. The van der Waals surface area contributed by atoms with E-state index >= 15 is 0 Å². The molecule has 2 aliphatic heterocycles. The fraction of sp³-hybridized carbons (Fsp3) is 0.923. The Kier molecular flexibility index (Phi) is 4.40. The van der Waals surface area contributed by atoms with Gasteiger partial charge in [-0.25, -0.2) is 0 Å². The lowest BCUT2D eigenvalue weighted by Gasteiger charge is -2.37. The van der Waals surface area contributed by atoms with E-state index in [0.717, 1.165) is 51.9 Å². The maximum Gasteiger partial charge on any atom is 0.239 e. The van der Waals surface area contributed by atoms with Crippen LogP contribution in [-0.2, 0) is 4.79 Å². The number of likely N-dealkylation sites (N-methyl/N-ethyl adjacent to an activating group) is 1. The zero-order chi connectivity index (χ0) is 12.3. The Hall–Kier alpha value is -0.610. The molecule has 2 saturated heterocycles. The van der Waals surface area contributed by atoms with E-state index in [2.05, 4.69) is 17.1 Å². The Morgan fingerprint density at radius 3 is 2.59 bits per heavy atom. The van der Waals surface area contributed by atoms with Crippen molar-refractivity contribution in [3.8, 4) is 0 Å². The third-order valence-corrected chi connectivity index (χ3v) is 4.26. The summed E-state index contributed by atoms with van der Waals surface area (Å²) in [6.45, 7) is 6.61. The molecule has 2 fully saturated rings. The summed E-state index contributed by atoms with van der Waals surface area (Å²) in [5.74, 6) is 0.303. The van der Waals surface area contributed by atoms with Gasteiger partial charge < -0.3 is 15.1 Å². The number of rotatable bonds is 3. The minimum Gasteiger partial charge on any atom is -0.341 e. The van der Waals surface area contributed by atoms with E-state index < -0.39 is 0 Å². The maximum atomic E-state index is 12.2. The Bertz CT molecular complexity index is 255. The molecule has 0 bridgehead atoms. The summed E-state index contributed by atoms with van der Waals surface area (Å²) in [7, 11) is 1.98. The van der Waals surface area contributed by atoms with Crippen molar-refractivity contribution in [2.75, 3.05) is 33.2 Å². The molecule has 2 aliphatic rings. The number of hydrogen-bond donors (Lipinski definition) is 1. The van der Waals surface area contributed by atoms with Crippen LogP contribution in [0.15, 0.2) is 0 Å². The first kappa shape index (κ1) is 12.8. The molecule has 17 heavy (non-hydrogen) atoms. The smallest absolute Gasteiger partial charge is 0.239 e. The molecule has 1 N–H and O–H groups in total. The molecule has 2 rings (SSSR count). The van der Waals surface area contributed by atoms with Gasteiger partial charge in [-0.1, -0.05) is 6.92 Å². The van der Waals surface area contributed by atoms with Gasteiger partial charge in [0.05, 0.1) is 6.04 Å². The molecular formula is C13H25N3O. The zero-order valence-corrected chi connectivity index (χ0v) is 11.1. The SMILES string of the molecule is CCN1CCC(N(C)C(=O)[C@@H]2CCCN2)CC1. The summed E-state index contributed by atoms with van der Waals surface area (Å²) in [6.07, 6.45) is 4.40. The summed E-state index contributed by atoms with van der Waals surface area (Å²) in [5.41, 5.74) is 0. The topological polar surface area (TPSA) is 35.6 Å². The number of carbonyl (C=O) groups is 1. The van der Waals surface area contributed by atoms with Gasteiger partial charge in [0.2, 0.25) is 5.91 Å². The summed E-state index contributed by atoms with van der Waals surface area (Å²) < 4.78 is 0. The highest BCUT2D eigenvalue weighted by Crippen LogP contribution is 2.17. The second-order valence-electron chi connectivity index (χ2n) is 5.26. The largest absolute Gasteiger partial charge is 0.341 e. The van der Waals surface area contributed by atoms with Crippen molar-refractivity contribution >= 4 is 5.91 Å². The minimum absolute atomic E-state index is 0.0872. The Morgan fingerprint density at radius 1 is 1.35 bits per heavy atom. The average molecular weight is 239 g/mol. The highest BCUT2D eigenvalue weighted by molar-refractivity contribution is 5.82. The normalized spacial score (nSPS) is 27.3. The molecule has 4 nitrogen and oxygen atoms in total. The van der Waals surface area contributed by atoms with Crippen LogP contribution in [0.25, 0.3) is 0 Å². The predicted molar refractivity (Wildman–Crippen MR) is 68.9 cm³/mol. The van der Waals surface area contributed by atoms with Crippen molar-refractivity contribution in [3.63, 3.8) is 0 Å². The maximum absolute atomic E-state index is 12.2. The summed E-state index contributed by atoms with van der Waals surface area (Å²) in [4.78, 5) is 16.7. The van der Waals surface area contributed by atoms with Crippen LogP contribution in [0.5, 0.6) is 0 Å². The van der Waals surface area contributed by atoms with Gasteiger partial charge in [-0.15, -0.1) is 0 Å². The van der Waals surface area contributed by atoms with E-state index in [1.165, 1.54) is 0 Å². The molecule has 1 atom stereocenters. The first-order valence-electron chi connectivity index (χ1n) is 6.94. The Balaban J connectivity index is 1.83. The number of piperidine rings is 1. The van der Waals surface area contributed by atoms with Crippen LogP contribution in [-0.4, -0.2) is 61.0 Å². The van der Waals surface area contributed by atoms with Crippen LogP contribution in [0.2, 0.25) is 0 Å². The van der Waals surface area contributed by atoms with E-state index in [0.29, 0.717) is 11.9 Å². The lowest BCUT2D eigenvalue weighted by Crippen LogP contribution is -2.50. The standard InChI is InChI=1S/C13H25N3O/c1-3-16-9-6-11(7-10-16)15(2)13(17)12-5-4-8-14-12/h11-12,14H,3-10H2,1-2H3/t12-/m0/s1. The number of likely N-dealkylation sites (tertiary alicyclic amines) is 1. The zero-order valence-electron chi connectivity index (χ0n) is 11.1. The number of amides is 1. The van der Waals surface area contributed by atoms with Gasteiger partial charge >= 0.3 is 0 Å². The van der Waals surface area contributed by atoms with Crippen LogP contribution < -0.4 is 5.32 Å². The van der Waals surface area contributed by atoms with Crippen LogP contribution in [0, 0.1) is 0 Å². The minimum atomic E-state index is 0.0872. The lowest BCUT2D eigenvalue weighted by atomic mass is 10.0. The molecule has 0 aromatic carbocycles. The molecule has 0 radical (unpaired) electrons. The van der Waals surface area contributed by atoms with E-state index in [-0.39, 0.29) is 6.04 Å². The van der Waals surface area contributed by atoms with Crippen LogP contribution in [0.1, 0.15) is 32.6 Å². The number of nitrogens with one attached hydrogen (secondary N) is 1. The third kappa shape index (κ3) is 2.99. The molecule has 1 amide bonds. The van der Waals surface area contributed by atoms with Gasteiger partial charge in [0.1, 0.15) is 0 Å². The second-order valence-corrected chi connectivity index (χ2v) is 5.26. The van der Waals surface area contributed by atoms with Crippen molar-refractivity contribution in [3.05, 3.63) is 0 Å². The predicted octanol–water partition coefficient (Wildman–Crippen LogP) is 0.681. The molecule has 0 aromatic rings. The van der Waals surface area contributed by atoms with Crippen molar-refractivity contribution in [1.29, 1.82) is 0 Å². The van der Waals surface area contributed by atoms with Gasteiger partial charge in [0.25, 0.3) is 0 Å². The molecule has 2 heterocycles. The fourth-order valence-electron chi connectivity index (χ4n) is 2.94. The molecule has 0 spiro atoms. The van der Waals surface area contributed by atoms with E-state index in [9.17, 15) is 4.79 Å². The molecular weight excluding hydrogens is 214 g/mol. The molecule has 0 aliphatic carbocycles. The quantitative estimate of drug-likeness (QED) is 0.787. The van der Waals surface area contributed by atoms with Crippen molar-refractivity contribution in [2.24, 2.45) is 0 Å². The molecule has 4 heteroatoms. The molecule has 98 valence electrons. The van der Waals surface area contributed by atoms with Crippen molar-refractivity contribution in [2.45, 2.75) is 44.7 Å². The fourth-order valence-corrected chi connectivity index (χ4v) is 2.94. The second kappa shape index (κ2) is 5.83. The van der Waals surface area contributed by atoms with Gasteiger partial charge in [-0.2, -0.15) is 0 Å². The Labute approximate surface area is 104 Å². The van der Waals surface area contributed by atoms with Crippen molar-refractivity contribution < 1.29 is 4.79 Å². The first-order valence-corrected chi connectivity index (χ1v) is 6.94. The van der Waals surface area contributed by atoms with Gasteiger partial charge in [0, 0.05) is 26.2 Å². The van der Waals surface area contributed by atoms with Gasteiger partial charge in [0.15, 0.2) is 0 Å². The summed E-state index contributed by atoms with van der Waals surface area (Å²) >= 11 is 0. The molecule has 0 saturated carbocycles. The van der Waals surface area contributed by atoms with Gasteiger partial charge in [-0.3, -0.25) is 4.79 Å². The number of carbonyl (C=O) groups excluding carboxylic acids is 1. The molecule has 0 aromatic heterocycles. The van der Waals surface area contributed by atoms with Crippen LogP contribution in [0.4, 0.5) is 0 Å². The lowest BCUT2D eigenvalue weighted by molar-refractivity contribution is -0.134. The van der Waals surface area contributed by atoms with Crippen LogP contribution >= 0.6 is 0 Å². The monoisotopic (exact) mass is 239 g/mol. The third-order valence-electron chi connectivity index (χ3n) is 4.26. The van der Waals surface area contributed by atoms with E-state index in [4.69, 9.17) is 0 Å². The van der Waals surface area contributed by atoms with Crippen LogP contribution in [0.3, 0.4) is 0 Å². The van der Waals surface area contributed by atoms with Gasteiger partial charge in [-0.05, 0) is 38.8 Å². The molecule has 0 unspecified atom stereocenters. The average Bonchev–Trinajstić information content (AvgIpc) is 2.91. The summed E-state index contributed by atoms with van der Waals surface area (Å²) in [5, 5.41) is 3.29. The first-order chi connectivity index (χ1) is 8.22. The van der Waals surface area contributed by atoms with E-state index in [1.807, 2.05) is 11.9 Å². The van der Waals surface area contributed by atoms with Crippen molar-refractivity contribution in [1.82, 2.24) is 15.1 Å². The number of nitrogens with zero attached hydrogens (tertiary/aromatic N) is 2. The Morgan fingerprint density at radius 2 is 2.06 bits per heavy atom. The highest BCUT2D eigenvalue weighted by Gasteiger charge is 2.30. The number of hydrogen-bond acceptors (Lipinski definition) is 3. The summed E-state index contributed by atoms with van der Waals surface area (Å²) in [6, 6.07) is 0.539.